The van der Waals surface area contributed by atoms with Gasteiger partial charge in [-0.15, -0.1) is 0 Å². The van der Waals surface area contributed by atoms with Crippen LogP contribution in [0.4, 0.5) is 0 Å². The van der Waals surface area contributed by atoms with Crippen molar-refractivity contribution in [3.05, 3.63) is 58.7 Å². The fraction of sp³-hybridized carbons (Fsp3) is 0.458. The molecule has 29 heavy (non-hydrogen) atoms. The molecule has 2 aromatic carbocycles. The van der Waals surface area contributed by atoms with E-state index in [1.165, 1.54) is 27.2 Å². The smallest absolute Gasteiger partial charge is 0.220 e. The first kappa shape index (κ1) is 21.2. The lowest BCUT2D eigenvalue weighted by Crippen LogP contribution is -3.13. The molecule has 0 aromatic heterocycles. The van der Waals surface area contributed by atoms with E-state index in [0.29, 0.717) is 6.42 Å². The molecule has 5 nitrogen and oxygen atoms in total. The van der Waals surface area contributed by atoms with Gasteiger partial charge < -0.3 is 19.7 Å². The second-order valence-electron chi connectivity index (χ2n) is 7.92. The van der Waals surface area contributed by atoms with Crippen LogP contribution in [0.25, 0.3) is 0 Å². The number of ether oxygens (including phenoxy) is 2. The van der Waals surface area contributed by atoms with Crippen LogP contribution in [0, 0.1) is 6.92 Å². The fourth-order valence-electron chi connectivity index (χ4n) is 4.46. The molecular weight excluding hydrogens is 364 g/mol. The number of benzene rings is 2. The number of fused-ring (bicyclic) bond motifs is 1. The summed E-state index contributed by atoms with van der Waals surface area (Å²) in [6.07, 6.45) is 1.46. The molecule has 2 aromatic rings. The van der Waals surface area contributed by atoms with Crippen molar-refractivity contribution in [2.75, 3.05) is 20.8 Å². The van der Waals surface area contributed by atoms with Gasteiger partial charge in [0.2, 0.25) is 5.91 Å². The molecule has 3 rings (SSSR count). The number of nitrogens with one attached hydrogen (secondary N) is 2. The van der Waals surface area contributed by atoms with Gasteiger partial charge in [-0.3, -0.25) is 4.79 Å². The van der Waals surface area contributed by atoms with Crippen LogP contribution in [0.15, 0.2) is 36.4 Å². The van der Waals surface area contributed by atoms with Crippen LogP contribution < -0.4 is 19.7 Å². The highest BCUT2D eigenvalue weighted by atomic mass is 16.5. The number of methoxy groups -OCH3 is 2. The Morgan fingerprint density at radius 2 is 1.93 bits per heavy atom. The van der Waals surface area contributed by atoms with Gasteiger partial charge in [0.15, 0.2) is 11.5 Å². The highest BCUT2D eigenvalue weighted by Gasteiger charge is 2.37. The standard InChI is InChI=1S/C24H32N2O3/c1-6-23(27)25-17(3)24-20-14-22(29-5)21(28-4)13-19(20)10-11-26(24)15-18-9-7-8-16(2)12-18/h7-9,12-14,17,24H,6,10-11,15H2,1-5H3,(H,25,27)/p+1/t17-,24-/m1/s1. The van der Waals surface area contributed by atoms with Gasteiger partial charge in [0, 0.05) is 24.0 Å². The Bertz CT molecular complexity index is 865. The van der Waals surface area contributed by atoms with Gasteiger partial charge in [-0.25, -0.2) is 0 Å². The van der Waals surface area contributed by atoms with Crippen molar-refractivity contribution in [1.82, 2.24) is 5.32 Å². The van der Waals surface area contributed by atoms with E-state index in [1.54, 1.807) is 14.2 Å². The number of aryl methyl sites for hydroxylation is 1. The van der Waals surface area contributed by atoms with E-state index in [0.717, 1.165) is 31.0 Å². The summed E-state index contributed by atoms with van der Waals surface area (Å²) in [7, 11) is 3.34. The van der Waals surface area contributed by atoms with Crippen molar-refractivity contribution in [3.63, 3.8) is 0 Å². The predicted molar refractivity (Wildman–Crippen MR) is 115 cm³/mol. The Labute approximate surface area is 174 Å². The summed E-state index contributed by atoms with van der Waals surface area (Å²) < 4.78 is 11.1. The van der Waals surface area contributed by atoms with Crippen LogP contribution >= 0.6 is 0 Å². The van der Waals surface area contributed by atoms with Crippen molar-refractivity contribution in [2.24, 2.45) is 0 Å². The van der Waals surface area contributed by atoms with E-state index >= 15 is 0 Å². The molecule has 156 valence electrons. The summed E-state index contributed by atoms with van der Waals surface area (Å²) in [6.45, 7) is 8.06. The summed E-state index contributed by atoms with van der Waals surface area (Å²) in [5.41, 5.74) is 5.11. The van der Waals surface area contributed by atoms with Gasteiger partial charge in [0.25, 0.3) is 0 Å². The van der Waals surface area contributed by atoms with Crippen LogP contribution in [0.2, 0.25) is 0 Å². The van der Waals surface area contributed by atoms with Gasteiger partial charge in [0.05, 0.1) is 26.8 Å². The molecular formula is C24H33N2O3+. The summed E-state index contributed by atoms with van der Waals surface area (Å²) >= 11 is 0. The summed E-state index contributed by atoms with van der Waals surface area (Å²) in [5, 5.41) is 3.20. The second kappa shape index (κ2) is 9.31. The highest BCUT2D eigenvalue weighted by molar-refractivity contribution is 5.75. The molecule has 1 aliphatic heterocycles. The SMILES string of the molecule is CCC(=O)N[C@H](C)[C@@H]1c2cc(OC)c(OC)cc2CC[NH+]1Cc1cccc(C)c1. The van der Waals surface area contributed by atoms with E-state index in [1.807, 2.05) is 6.92 Å². The topological polar surface area (TPSA) is 52.0 Å². The Hall–Kier alpha value is -2.53. The molecule has 0 saturated carbocycles. The Morgan fingerprint density at radius 3 is 2.59 bits per heavy atom. The maximum absolute atomic E-state index is 12.1. The van der Waals surface area contributed by atoms with Crippen molar-refractivity contribution in [1.29, 1.82) is 0 Å². The molecule has 1 unspecified atom stereocenters. The molecule has 5 heteroatoms. The fourth-order valence-corrected chi connectivity index (χ4v) is 4.46. The minimum atomic E-state index is 0.0133. The quantitative estimate of drug-likeness (QED) is 0.755. The minimum Gasteiger partial charge on any atom is -0.493 e. The number of hydrogen-bond donors (Lipinski definition) is 2. The molecule has 3 atom stereocenters. The van der Waals surface area contributed by atoms with Crippen molar-refractivity contribution < 1.29 is 19.2 Å². The zero-order valence-corrected chi connectivity index (χ0v) is 18.2. The third-order valence-electron chi connectivity index (χ3n) is 5.86. The lowest BCUT2D eigenvalue weighted by Gasteiger charge is -2.38. The Morgan fingerprint density at radius 1 is 1.21 bits per heavy atom. The first-order valence-corrected chi connectivity index (χ1v) is 10.4. The van der Waals surface area contributed by atoms with E-state index in [-0.39, 0.29) is 18.0 Å². The van der Waals surface area contributed by atoms with E-state index < -0.39 is 0 Å². The van der Waals surface area contributed by atoms with Crippen LogP contribution in [-0.2, 0) is 17.8 Å². The number of hydrogen-bond acceptors (Lipinski definition) is 3. The molecule has 2 N–H and O–H groups in total. The van der Waals surface area contributed by atoms with Gasteiger partial charge in [-0.1, -0.05) is 36.8 Å². The summed E-state index contributed by atoms with van der Waals surface area (Å²) in [6, 6.07) is 13.0. The van der Waals surface area contributed by atoms with Crippen molar-refractivity contribution in [2.45, 2.75) is 52.2 Å². The molecule has 0 saturated heterocycles. The number of carbonyl (C=O) groups is 1. The lowest BCUT2D eigenvalue weighted by atomic mass is 9.87. The van der Waals surface area contributed by atoms with E-state index in [4.69, 9.17) is 9.47 Å². The third kappa shape index (κ3) is 4.73. The van der Waals surface area contributed by atoms with Crippen LogP contribution in [0.5, 0.6) is 11.5 Å². The lowest BCUT2D eigenvalue weighted by molar-refractivity contribution is -0.948. The zero-order chi connectivity index (χ0) is 21.0. The first-order chi connectivity index (χ1) is 14.0. The molecule has 0 aliphatic carbocycles. The molecule has 0 bridgehead atoms. The van der Waals surface area contributed by atoms with Gasteiger partial charge in [-0.2, -0.15) is 0 Å². The Balaban J connectivity index is 1.99. The molecule has 0 fully saturated rings. The minimum absolute atomic E-state index is 0.0133. The molecule has 1 aliphatic rings. The largest absolute Gasteiger partial charge is 0.493 e. The van der Waals surface area contributed by atoms with Crippen molar-refractivity contribution >= 4 is 5.91 Å². The average Bonchev–Trinajstić information content (AvgIpc) is 2.72. The maximum Gasteiger partial charge on any atom is 0.220 e. The van der Waals surface area contributed by atoms with Crippen molar-refractivity contribution in [3.8, 4) is 11.5 Å². The highest BCUT2D eigenvalue weighted by Crippen LogP contribution is 2.35. The molecule has 0 spiro atoms. The third-order valence-corrected chi connectivity index (χ3v) is 5.86. The first-order valence-electron chi connectivity index (χ1n) is 10.4. The number of rotatable bonds is 7. The molecule has 1 amide bonds. The maximum atomic E-state index is 12.1. The second-order valence-corrected chi connectivity index (χ2v) is 7.92. The van der Waals surface area contributed by atoms with Gasteiger partial charge >= 0.3 is 0 Å². The number of amides is 1. The number of carbonyl (C=O) groups excluding carboxylic acids is 1. The predicted octanol–water partition coefficient (Wildman–Crippen LogP) is 2.61. The molecule has 0 radical (unpaired) electrons. The summed E-state index contributed by atoms with van der Waals surface area (Å²) in [5.74, 6) is 1.58. The van der Waals surface area contributed by atoms with Crippen LogP contribution in [0.1, 0.15) is 48.6 Å². The van der Waals surface area contributed by atoms with Gasteiger partial charge in [0.1, 0.15) is 12.6 Å². The molecule has 1 heterocycles. The van der Waals surface area contributed by atoms with Crippen LogP contribution in [-0.4, -0.2) is 32.7 Å². The monoisotopic (exact) mass is 397 g/mol. The van der Waals surface area contributed by atoms with Gasteiger partial charge in [-0.05, 0) is 31.5 Å². The average molecular weight is 398 g/mol. The van der Waals surface area contributed by atoms with E-state index in [2.05, 4.69) is 55.6 Å². The van der Waals surface area contributed by atoms with Crippen LogP contribution in [0.3, 0.4) is 0 Å². The summed E-state index contributed by atoms with van der Waals surface area (Å²) in [4.78, 5) is 13.6. The normalized spacial score (nSPS) is 19.2. The zero-order valence-electron chi connectivity index (χ0n) is 18.2. The Kier molecular flexibility index (Phi) is 6.80. The number of quaternary nitrogens is 1. The van der Waals surface area contributed by atoms with E-state index in [9.17, 15) is 4.79 Å².